The smallest absolute Gasteiger partial charge is 0.291 e. The lowest BCUT2D eigenvalue weighted by Crippen LogP contribution is -2.40. The van der Waals surface area contributed by atoms with Crippen LogP contribution in [0.1, 0.15) is 82.2 Å². The van der Waals surface area contributed by atoms with Gasteiger partial charge in [0.2, 0.25) is 15.8 Å². The van der Waals surface area contributed by atoms with E-state index in [9.17, 15) is 13.2 Å². The quantitative estimate of drug-likeness (QED) is 0.444. The Morgan fingerprint density at radius 1 is 1.00 bits per heavy atom. The molecule has 5 rings (SSSR count). The minimum atomic E-state index is -3.77. The van der Waals surface area contributed by atoms with Crippen LogP contribution in [0.25, 0.3) is 16.5 Å². The Kier molecular flexibility index (Phi) is 8.07. The SMILES string of the molecule is CC(C)(C)NS(=O)(=O)c1ccc(-n2nc(C(=O)NC3CCOCC3)nc2CC2CCCCC2)c2ccccc12. The average Bonchev–Trinajstić information content (AvgIpc) is 3.31. The van der Waals surface area contributed by atoms with Crippen LogP contribution in [-0.4, -0.2) is 53.9 Å². The molecule has 2 heterocycles. The van der Waals surface area contributed by atoms with Gasteiger partial charge >= 0.3 is 0 Å². The number of hydrogen-bond acceptors (Lipinski definition) is 6. The van der Waals surface area contributed by atoms with Crippen LogP contribution in [0.5, 0.6) is 0 Å². The molecule has 0 radical (unpaired) electrons. The molecule has 3 aromatic rings. The van der Waals surface area contributed by atoms with Crippen molar-refractivity contribution in [3.05, 3.63) is 48.0 Å². The maximum absolute atomic E-state index is 13.3. The third-order valence-electron chi connectivity index (χ3n) is 7.45. The van der Waals surface area contributed by atoms with E-state index in [-0.39, 0.29) is 22.7 Å². The standard InChI is InChI=1S/C29H39N5O4S/c1-29(2,3)33-39(36,37)25-14-13-24(22-11-7-8-12-23(22)25)34-26(19-20-9-5-4-6-10-20)31-27(32-34)28(35)30-21-15-17-38-18-16-21/h7-8,11-14,20-21,33H,4-6,9-10,15-19H2,1-3H3,(H,30,35). The van der Waals surface area contributed by atoms with E-state index in [2.05, 4.69) is 10.0 Å². The highest BCUT2D eigenvalue weighted by Crippen LogP contribution is 2.31. The largest absolute Gasteiger partial charge is 0.381 e. The van der Waals surface area contributed by atoms with E-state index in [4.69, 9.17) is 14.8 Å². The second-order valence-corrected chi connectivity index (χ2v) is 13.5. The summed E-state index contributed by atoms with van der Waals surface area (Å²) < 4.78 is 36.6. The number of carbonyl (C=O) groups is 1. The van der Waals surface area contributed by atoms with Crippen molar-refractivity contribution in [2.75, 3.05) is 13.2 Å². The molecule has 210 valence electrons. The monoisotopic (exact) mass is 553 g/mol. The first-order valence-corrected chi connectivity index (χ1v) is 15.5. The Bertz CT molecular complexity index is 1430. The summed E-state index contributed by atoms with van der Waals surface area (Å²) in [6, 6.07) is 10.9. The zero-order valence-electron chi connectivity index (χ0n) is 23.1. The second-order valence-electron chi connectivity index (χ2n) is 11.8. The topological polar surface area (TPSA) is 115 Å². The van der Waals surface area contributed by atoms with Crippen molar-refractivity contribution in [2.45, 2.75) is 88.6 Å². The highest BCUT2D eigenvalue weighted by Gasteiger charge is 2.27. The summed E-state index contributed by atoms with van der Waals surface area (Å²) in [5, 5.41) is 9.12. The fourth-order valence-corrected chi connectivity index (χ4v) is 7.27. The van der Waals surface area contributed by atoms with E-state index in [1.807, 2.05) is 45.0 Å². The van der Waals surface area contributed by atoms with Crippen LogP contribution in [0, 0.1) is 5.92 Å². The highest BCUT2D eigenvalue weighted by atomic mass is 32.2. The lowest BCUT2D eigenvalue weighted by molar-refractivity contribution is 0.0691. The van der Waals surface area contributed by atoms with Gasteiger partial charge in [-0.2, -0.15) is 0 Å². The van der Waals surface area contributed by atoms with E-state index < -0.39 is 15.6 Å². The third kappa shape index (κ3) is 6.50. The number of nitrogens with zero attached hydrogens (tertiary/aromatic N) is 3. The van der Waals surface area contributed by atoms with Gasteiger partial charge in [-0.3, -0.25) is 4.79 Å². The summed E-state index contributed by atoms with van der Waals surface area (Å²) >= 11 is 0. The Morgan fingerprint density at radius 3 is 2.38 bits per heavy atom. The minimum absolute atomic E-state index is 0.0423. The summed E-state index contributed by atoms with van der Waals surface area (Å²) in [5.41, 5.74) is 0.0912. The molecule has 2 fully saturated rings. The third-order valence-corrected chi connectivity index (χ3v) is 9.27. The molecule has 9 nitrogen and oxygen atoms in total. The van der Waals surface area contributed by atoms with Gasteiger partial charge in [0, 0.05) is 42.0 Å². The number of aromatic nitrogens is 3. The van der Waals surface area contributed by atoms with Crippen LogP contribution in [-0.2, 0) is 21.2 Å². The van der Waals surface area contributed by atoms with Crippen molar-refractivity contribution in [1.82, 2.24) is 24.8 Å². The fraction of sp³-hybridized carbons (Fsp3) is 0.552. The van der Waals surface area contributed by atoms with Crippen LogP contribution in [0.15, 0.2) is 41.3 Å². The summed E-state index contributed by atoms with van der Waals surface area (Å²) in [7, 11) is -3.77. The Labute approximate surface area is 230 Å². The molecule has 1 aliphatic heterocycles. The van der Waals surface area contributed by atoms with Crippen molar-refractivity contribution < 1.29 is 17.9 Å². The molecule has 1 saturated carbocycles. The van der Waals surface area contributed by atoms with Crippen LogP contribution in [0.3, 0.4) is 0 Å². The number of ether oxygens (including phenoxy) is 1. The first-order valence-electron chi connectivity index (χ1n) is 14.0. The Balaban J connectivity index is 1.56. The fourth-order valence-electron chi connectivity index (χ4n) is 5.64. The van der Waals surface area contributed by atoms with E-state index >= 15 is 0 Å². The molecule has 0 spiro atoms. The van der Waals surface area contributed by atoms with Crippen molar-refractivity contribution >= 4 is 26.7 Å². The number of fused-ring (bicyclic) bond motifs is 1. The molecule has 0 atom stereocenters. The second kappa shape index (κ2) is 11.3. The molecular formula is C29H39N5O4S. The van der Waals surface area contributed by atoms with Gasteiger partial charge in [0.25, 0.3) is 5.91 Å². The Hall–Kier alpha value is -2.82. The number of benzene rings is 2. The molecule has 1 aliphatic carbocycles. The van der Waals surface area contributed by atoms with Gasteiger partial charge in [-0.1, -0.05) is 56.4 Å². The molecule has 2 aliphatic rings. The van der Waals surface area contributed by atoms with Crippen molar-refractivity contribution in [2.24, 2.45) is 5.92 Å². The van der Waals surface area contributed by atoms with Crippen LogP contribution in [0.2, 0.25) is 0 Å². The van der Waals surface area contributed by atoms with Gasteiger partial charge in [0.15, 0.2) is 0 Å². The molecule has 2 N–H and O–H groups in total. The normalized spacial score (nSPS) is 17.9. The van der Waals surface area contributed by atoms with Crippen LogP contribution < -0.4 is 10.0 Å². The first-order chi connectivity index (χ1) is 18.6. The predicted molar refractivity (Wildman–Crippen MR) is 151 cm³/mol. The number of sulfonamides is 1. The molecule has 1 saturated heterocycles. The number of carbonyl (C=O) groups excluding carboxylic acids is 1. The molecule has 39 heavy (non-hydrogen) atoms. The van der Waals surface area contributed by atoms with E-state index in [0.29, 0.717) is 30.2 Å². The van der Waals surface area contributed by atoms with Gasteiger partial charge < -0.3 is 10.1 Å². The lowest BCUT2D eigenvalue weighted by Gasteiger charge is -2.22. The maximum atomic E-state index is 13.3. The average molecular weight is 554 g/mol. The molecule has 0 bridgehead atoms. The zero-order chi connectivity index (χ0) is 27.6. The maximum Gasteiger partial charge on any atom is 0.291 e. The molecule has 2 aromatic carbocycles. The lowest BCUT2D eigenvalue weighted by atomic mass is 9.87. The summed E-state index contributed by atoms with van der Waals surface area (Å²) in [4.78, 5) is 18.2. The highest BCUT2D eigenvalue weighted by molar-refractivity contribution is 7.89. The number of nitrogens with one attached hydrogen (secondary N) is 2. The minimum Gasteiger partial charge on any atom is -0.381 e. The van der Waals surface area contributed by atoms with Gasteiger partial charge in [0.05, 0.1) is 10.6 Å². The van der Waals surface area contributed by atoms with Crippen LogP contribution >= 0.6 is 0 Å². The predicted octanol–water partition coefficient (Wildman–Crippen LogP) is 4.53. The summed E-state index contributed by atoms with van der Waals surface area (Å²) in [6.45, 7) is 6.72. The van der Waals surface area contributed by atoms with Gasteiger partial charge in [-0.25, -0.2) is 22.8 Å². The van der Waals surface area contributed by atoms with Gasteiger partial charge in [-0.05, 0) is 51.7 Å². The number of rotatable bonds is 7. The molecule has 1 amide bonds. The van der Waals surface area contributed by atoms with E-state index in [1.165, 1.54) is 19.3 Å². The molecular weight excluding hydrogens is 514 g/mol. The number of amides is 1. The van der Waals surface area contributed by atoms with Crippen molar-refractivity contribution in [1.29, 1.82) is 0 Å². The van der Waals surface area contributed by atoms with Gasteiger partial charge in [0.1, 0.15) is 5.82 Å². The van der Waals surface area contributed by atoms with Crippen molar-refractivity contribution in [3.63, 3.8) is 0 Å². The summed E-state index contributed by atoms with van der Waals surface area (Å²) in [6.07, 6.45) is 8.18. The van der Waals surface area contributed by atoms with Gasteiger partial charge in [-0.15, -0.1) is 5.10 Å². The van der Waals surface area contributed by atoms with E-state index in [0.717, 1.165) is 43.3 Å². The zero-order valence-corrected chi connectivity index (χ0v) is 23.9. The number of hydrogen-bond donors (Lipinski definition) is 2. The summed E-state index contributed by atoms with van der Waals surface area (Å²) in [5.74, 6) is 1.06. The first kappa shape index (κ1) is 27.7. The molecule has 0 unspecified atom stereocenters. The Morgan fingerprint density at radius 2 is 1.69 bits per heavy atom. The van der Waals surface area contributed by atoms with Crippen molar-refractivity contribution in [3.8, 4) is 5.69 Å². The van der Waals surface area contributed by atoms with E-state index in [1.54, 1.807) is 16.8 Å². The molecule has 10 heteroatoms. The van der Waals surface area contributed by atoms with Crippen LogP contribution in [0.4, 0.5) is 0 Å². The molecule has 1 aromatic heterocycles.